The molecular weight excluding hydrogens is 325 g/mol. The van der Waals surface area contributed by atoms with Crippen LogP contribution in [-0.2, 0) is 0 Å². The summed E-state index contributed by atoms with van der Waals surface area (Å²) >= 11 is 0. The zero-order valence-electron chi connectivity index (χ0n) is 13.3. The molecule has 0 radical (unpaired) electrons. The van der Waals surface area contributed by atoms with Crippen molar-refractivity contribution in [2.24, 2.45) is 5.41 Å². The Morgan fingerprint density at radius 3 is 2.57 bits per heavy atom. The lowest BCUT2D eigenvalue weighted by Gasteiger charge is -2.43. The fraction of sp³-hybridized carbons (Fsp3) is 0.600. The second-order valence-corrected chi connectivity index (χ2v) is 6.30. The monoisotopic (exact) mass is 347 g/mol. The molecule has 130 valence electrons. The molecule has 0 spiro atoms. The van der Waals surface area contributed by atoms with Crippen molar-refractivity contribution in [2.45, 2.75) is 19.9 Å². The fourth-order valence-electron chi connectivity index (χ4n) is 3.04. The van der Waals surface area contributed by atoms with E-state index in [-0.39, 0.29) is 30.7 Å². The first kappa shape index (κ1) is 19.8. The molecule has 1 saturated heterocycles. The number of benzene rings is 1. The van der Waals surface area contributed by atoms with Crippen molar-refractivity contribution in [3.8, 4) is 0 Å². The summed E-state index contributed by atoms with van der Waals surface area (Å²) in [5, 5.41) is 24.3. The number of nitrogens with zero attached hydrogens (tertiary/aromatic N) is 2. The Labute approximate surface area is 141 Å². The summed E-state index contributed by atoms with van der Waals surface area (Å²) < 4.78 is 13.4. The van der Waals surface area contributed by atoms with Crippen LogP contribution in [0.25, 0.3) is 0 Å². The lowest BCUT2D eigenvalue weighted by molar-refractivity contribution is -0.386. The normalized spacial score (nSPS) is 17.4. The Balaban J connectivity index is 0.00000264. The second kappa shape index (κ2) is 8.01. The minimum atomic E-state index is -0.628. The maximum Gasteiger partial charge on any atom is 0.277 e. The van der Waals surface area contributed by atoms with Gasteiger partial charge in [0.15, 0.2) is 0 Å². The highest BCUT2D eigenvalue weighted by atomic mass is 35.5. The Hall–Kier alpha value is -1.28. The van der Waals surface area contributed by atoms with Gasteiger partial charge in [-0.25, -0.2) is 4.39 Å². The predicted molar refractivity (Wildman–Crippen MR) is 88.4 cm³/mol. The molecule has 0 aliphatic carbocycles. The van der Waals surface area contributed by atoms with E-state index in [2.05, 4.69) is 10.2 Å². The molecule has 1 aliphatic heterocycles. The minimum absolute atomic E-state index is 0. The maximum absolute atomic E-state index is 13.4. The number of piperazine rings is 1. The average molecular weight is 348 g/mol. The van der Waals surface area contributed by atoms with E-state index in [1.807, 2.05) is 13.8 Å². The van der Waals surface area contributed by atoms with E-state index < -0.39 is 16.2 Å². The van der Waals surface area contributed by atoms with Gasteiger partial charge in [-0.1, -0.05) is 13.8 Å². The lowest BCUT2D eigenvalue weighted by atomic mass is 9.79. The number of aliphatic hydroxyl groups is 1. The molecule has 0 bridgehead atoms. The SMILES string of the molecule is CC(C)(CO)[C@@H](c1ccc(F)cc1[N+](=O)[O-])N1CCNCC1.Cl. The predicted octanol–water partition coefficient (Wildman–Crippen LogP) is 2.12. The zero-order valence-corrected chi connectivity index (χ0v) is 14.1. The maximum atomic E-state index is 13.4. The topological polar surface area (TPSA) is 78.6 Å². The van der Waals surface area contributed by atoms with E-state index in [1.165, 1.54) is 12.1 Å². The standard InChI is InChI=1S/C15H22FN3O3.ClH/c1-15(2,10-20)14(18-7-5-17-6-8-18)12-4-3-11(16)9-13(12)19(21)22;/h3-4,9,14,17,20H,5-8,10H2,1-2H3;1H/t14-;/m1./s1. The Morgan fingerprint density at radius 2 is 2.04 bits per heavy atom. The molecule has 0 unspecified atom stereocenters. The summed E-state index contributed by atoms with van der Waals surface area (Å²) in [6.45, 7) is 6.64. The van der Waals surface area contributed by atoms with Gasteiger partial charge in [0.05, 0.1) is 11.0 Å². The zero-order chi connectivity index (χ0) is 16.3. The molecule has 1 fully saturated rings. The lowest BCUT2D eigenvalue weighted by Crippen LogP contribution is -2.49. The van der Waals surface area contributed by atoms with E-state index in [1.54, 1.807) is 0 Å². The second-order valence-electron chi connectivity index (χ2n) is 6.30. The molecule has 1 aromatic rings. The number of nitro groups is 1. The molecule has 2 rings (SSSR count). The van der Waals surface area contributed by atoms with Crippen molar-refractivity contribution < 1.29 is 14.4 Å². The van der Waals surface area contributed by atoms with Gasteiger partial charge in [0.25, 0.3) is 5.69 Å². The largest absolute Gasteiger partial charge is 0.396 e. The van der Waals surface area contributed by atoms with Crippen molar-refractivity contribution in [3.05, 3.63) is 39.7 Å². The highest BCUT2D eigenvalue weighted by Gasteiger charge is 2.39. The third-order valence-electron chi connectivity index (χ3n) is 4.15. The van der Waals surface area contributed by atoms with Crippen molar-refractivity contribution in [3.63, 3.8) is 0 Å². The van der Waals surface area contributed by atoms with E-state index in [0.717, 1.165) is 32.2 Å². The molecule has 8 heteroatoms. The summed E-state index contributed by atoms with van der Waals surface area (Å²) in [6, 6.07) is 3.32. The van der Waals surface area contributed by atoms with Gasteiger partial charge in [-0.15, -0.1) is 12.4 Å². The van der Waals surface area contributed by atoms with Gasteiger partial charge in [-0.2, -0.15) is 0 Å². The smallest absolute Gasteiger partial charge is 0.277 e. The van der Waals surface area contributed by atoms with Crippen LogP contribution in [0.4, 0.5) is 10.1 Å². The van der Waals surface area contributed by atoms with Crippen LogP contribution in [0.2, 0.25) is 0 Å². The number of hydrogen-bond acceptors (Lipinski definition) is 5. The van der Waals surface area contributed by atoms with Crippen LogP contribution >= 0.6 is 12.4 Å². The summed E-state index contributed by atoms with van der Waals surface area (Å²) in [5.41, 5.74) is -0.364. The first-order valence-electron chi connectivity index (χ1n) is 7.36. The molecule has 1 atom stereocenters. The Kier molecular flexibility index (Phi) is 6.88. The third-order valence-corrected chi connectivity index (χ3v) is 4.15. The molecule has 2 N–H and O–H groups in total. The number of rotatable bonds is 5. The van der Waals surface area contributed by atoms with E-state index in [9.17, 15) is 19.6 Å². The van der Waals surface area contributed by atoms with Gasteiger partial charge in [0.1, 0.15) is 5.82 Å². The van der Waals surface area contributed by atoms with Crippen LogP contribution in [0.1, 0.15) is 25.5 Å². The van der Waals surface area contributed by atoms with E-state index in [0.29, 0.717) is 5.56 Å². The molecule has 23 heavy (non-hydrogen) atoms. The van der Waals surface area contributed by atoms with Crippen molar-refractivity contribution in [1.82, 2.24) is 10.2 Å². The number of aliphatic hydroxyl groups excluding tert-OH is 1. The van der Waals surface area contributed by atoms with Crippen LogP contribution in [0.5, 0.6) is 0 Å². The van der Waals surface area contributed by atoms with E-state index >= 15 is 0 Å². The third kappa shape index (κ3) is 4.38. The molecule has 1 heterocycles. The van der Waals surface area contributed by atoms with Crippen LogP contribution in [0.15, 0.2) is 18.2 Å². The number of nitro benzene ring substituents is 1. The van der Waals surface area contributed by atoms with Crippen LogP contribution in [-0.4, -0.2) is 47.7 Å². The first-order chi connectivity index (χ1) is 10.4. The molecule has 0 aromatic heterocycles. The summed E-state index contributed by atoms with van der Waals surface area (Å²) in [6.07, 6.45) is 0. The molecule has 0 amide bonds. The van der Waals surface area contributed by atoms with Gasteiger partial charge >= 0.3 is 0 Å². The molecule has 0 saturated carbocycles. The quantitative estimate of drug-likeness (QED) is 0.630. The Bertz CT molecular complexity index is 551. The molecule has 1 aliphatic rings. The van der Waals surface area contributed by atoms with Crippen molar-refractivity contribution >= 4 is 18.1 Å². The van der Waals surface area contributed by atoms with Gasteiger partial charge in [0.2, 0.25) is 0 Å². The van der Waals surface area contributed by atoms with Crippen molar-refractivity contribution in [2.75, 3.05) is 32.8 Å². The molecular formula is C15H23ClFN3O3. The molecule has 6 nitrogen and oxygen atoms in total. The highest BCUT2D eigenvalue weighted by molar-refractivity contribution is 5.85. The van der Waals surface area contributed by atoms with Gasteiger partial charge in [-0.3, -0.25) is 15.0 Å². The van der Waals surface area contributed by atoms with Crippen LogP contribution in [0.3, 0.4) is 0 Å². The Morgan fingerprint density at radius 1 is 1.43 bits per heavy atom. The summed E-state index contributed by atoms with van der Waals surface area (Å²) in [4.78, 5) is 12.9. The van der Waals surface area contributed by atoms with Crippen LogP contribution in [0, 0.1) is 21.3 Å². The molecule has 1 aromatic carbocycles. The van der Waals surface area contributed by atoms with Gasteiger partial charge in [0, 0.05) is 49.8 Å². The summed E-state index contributed by atoms with van der Waals surface area (Å²) in [5.74, 6) is -0.628. The average Bonchev–Trinajstić information content (AvgIpc) is 2.49. The highest BCUT2D eigenvalue weighted by Crippen LogP contribution is 2.42. The fourth-order valence-corrected chi connectivity index (χ4v) is 3.04. The van der Waals surface area contributed by atoms with Gasteiger partial charge in [-0.05, 0) is 12.1 Å². The number of halogens is 2. The summed E-state index contributed by atoms with van der Waals surface area (Å²) in [7, 11) is 0. The van der Waals surface area contributed by atoms with Crippen LogP contribution < -0.4 is 5.32 Å². The number of hydrogen-bond donors (Lipinski definition) is 2. The van der Waals surface area contributed by atoms with Crippen molar-refractivity contribution in [1.29, 1.82) is 0 Å². The minimum Gasteiger partial charge on any atom is -0.396 e. The van der Waals surface area contributed by atoms with E-state index in [4.69, 9.17) is 0 Å². The van der Waals surface area contributed by atoms with Gasteiger partial charge < -0.3 is 10.4 Å². The number of nitrogens with one attached hydrogen (secondary N) is 1. The first-order valence-corrected chi connectivity index (χ1v) is 7.36.